The van der Waals surface area contributed by atoms with Crippen molar-refractivity contribution in [1.29, 1.82) is 0 Å². The molecule has 0 radical (unpaired) electrons. The molecule has 0 saturated carbocycles. The summed E-state index contributed by atoms with van der Waals surface area (Å²) in [6.07, 6.45) is 1.35. The molecule has 0 saturated heterocycles. The number of ether oxygens (including phenoxy) is 6. The Balaban J connectivity index is 1.50. The smallest absolute Gasteiger partial charge is 0.343 e. The highest BCUT2D eigenvalue weighted by Crippen LogP contribution is 2.44. The molecule has 0 unspecified atom stereocenters. The molecule has 248 valence electrons. The van der Waals surface area contributed by atoms with Crippen LogP contribution in [0.5, 0.6) is 34.5 Å². The Hall–Kier alpha value is -4.72. The van der Waals surface area contributed by atoms with E-state index in [1.165, 1.54) is 53.9 Å². The van der Waals surface area contributed by atoms with E-state index in [0.29, 0.717) is 58.8 Å². The van der Waals surface area contributed by atoms with Crippen molar-refractivity contribution in [3.05, 3.63) is 91.5 Å². The molecule has 2 N–H and O–H groups in total. The Morgan fingerprint density at radius 3 is 2.08 bits per heavy atom. The first-order valence-corrected chi connectivity index (χ1v) is 16.0. The van der Waals surface area contributed by atoms with E-state index in [4.69, 9.17) is 40.0 Å². The minimum absolute atomic E-state index is 0.145. The van der Waals surface area contributed by atoms with Crippen LogP contribution in [0.1, 0.15) is 26.4 Å². The number of amides is 1. The van der Waals surface area contributed by atoms with Gasteiger partial charge in [-0.15, -0.1) is 0 Å². The lowest BCUT2D eigenvalue weighted by atomic mass is 10.0. The van der Waals surface area contributed by atoms with Gasteiger partial charge in [0.2, 0.25) is 5.75 Å². The minimum atomic E-state index is -0.707. The van der Waals surface area contributed by atoms with E-state index in [-0.39, 0.29) is 28.5 Å². The number of aromatic amines is 1. The number of nitrogens with zero attached hydrogens (tertiary/aromatic N) is 1. The quantitative estimate of drug-likeness (QED) is 0.0595. The molecule has 1 amide bonds. The van der Waals surface area contributed by atoms with Crippen LogP contribution < -0.4 is 33.8 Å². The van der Waals surface area contributed by atoms with Gasteiger partial charge < -0.3 is 33.4 Å². The second kappa shape index (κ2) is 15.0. The number of hydrogen-bond donors (Lipinski definition) is 2. The number of fused-ring (bicyclic) bond motifs is 1. The maximum atomic E-state index is 13.7. The van der Waals surface area contributed by atoms with Crippen LogP contribution in [0.15, 0.2) is 74.7 Å². The van der Waals surface area contributed by atoms with Crippen molar-refractivity contribution in [2.75, 3.05) is 35.5 Å². The molecule has 14 heteroatoms. The molecule has 0 aliphatic heterocycles. The highest BCUT2D eigenvalue weighted by atomic mass is 79.9. The van der Waals surface area contributed by atoms with Crippen LogP contribution in [0.25, 0.3) is 22.0 Å². The Morgan fingerprint density at radius 2 is 1.46 bits per heavy atom. The van der Waals surface area contributed by atoms with E-state index in [1.54, 1.807) is 42.5 Å². The monoisotopic (exact) mass is 799 g/mol. The SMILES string of the molecule is COc1cc(C(=O)Oc2c(Br)cc(Br)cc2C=NNC(=O)c2[nH]c3c(OC)ccc(OC)c3c2-c2ccccc2Cl)cc(OC)c1OC. The van der Waals surface area contributed by atoms with Crippen molar-refractivity contribution in [2.45, 2.75) is 0 Å². The zero-order chi connectivity index (χ0) is 34.5. The lowest BCUT2D eigenvalue weighted by Gasteiger charge is -2.15. The average Bonchev–Trinajstić information content (AvgIpc) is 3.49. The predicted octanol–water partition coefficient (Wildman–Crippen LogP) is 8.04. The third kappa shape index (κ3) is 6.80. The van der Waals surface area contributed by atoms with Crippen LogP contribution in [-0.4, -0.2) is 58.6 Å². The molecule has 4 aromatic carbocycles. The second-order valence-corrected chi connectivity index (χ2v) is 12.1. The molecule has 5 aromatic rings. The fourth-order valence-corrected chi connectivity index (χ4v) is 6.61. The van der Waals surface area contributed by atoms with Gasteiger partial charge in [0.05, 0.1) is 62.7 Å². The first-order valence-electron chi connectivity index (χ1n) is 14.0. The van der Waals surface area contributed by atoms with Gasteiger partial charge in [-0.25, -0.2) is 10.2 Å². The molecular formula is C34H28Br2ClN3O8. The molecule has 48 heavy (non-hydrogen) atoms. The number of carbonyl (C=O) groups excluding carboxylic acids is 2. The van der Waals surface area contributed by atoms with Gasteiger partial charge in [0.25, 0.3) is 5.91 Å². The summed E-state index contributed by atoms with van der Waals surface area (Å²) >= 11 is 13.5. The normalized spacial score (nSPS) is 11.0. The number of halogens is 3. The third-order valence-corrected chi connectivity index (χ3v) is 8.57. The number of benzene rings is 4. The van der Waals surface area contributed by atoms with Gasteiger partial charge >= 0.3 is 5.97 Å². The average molecular weight is 802 g/mol. The van der Waals surface area contributed by atoms with Crippen molar-refractivity contribution >= 4 is 72.5 Å². The zero-order valence-electron chi connectivity index (χ0n) is 26.2. The lowest BCUT2D eigenvalue weighted by molar-refractivity contribution is 0.0732. The van der Waals surface area contributed by atoms with E-state index in [1.807, 2.05) is 6.07 Å². The van der Waals surface area contributed by atoms with Crippen molar-refractivity contribution in [1.82, 2.24) is 10.4 Å². The molecule has 0 atom stereocenters. The molecule has 11 nitrogen and oxygen atoms in total. The molecular weight excluding hydrogens is 774 g/mol. The Kier molecular flexibility index (Phi) is 10.8. The summed E-state index contributed by atoms with van der Waals surface area (Å²) in [5, 5.41) is 5.24. The summed E-state index contributed by atoms with van der Waals surface area (Å²) in [6.45, 7) is 0. The third-order valence-electron chi connectivity index (χ3n) is 7.19. The summed E-state index contributed by atoms with van der Waals surface area (Å²) in [5.41, 5.74) is 4.89. The zero-order valence-corrected chi connectivity index (χ0v) is 30.1. The highest BCUT2D eigenvalue weighted by molar-refractivity contribution is 9.11. The molecule has 0 fully saturated rings. The van der Waals surface area contributed by atoms with Crippen LogP contribution in [-0.2, 0) is 0 Å². The number of methoxy groups -OCH3 is 5. The maximum absolute atomic E-state index is 13.7. The number of hydrogen-bond acceptors (Lipinski definition) is 9. The summed E-state index contributed by atoms with van der Waals surface area (Å²) in [4.78, 5) is 30.3. The van der Waals surface area contributed by atoms with Crippen LogP contribution in [0.3, 0.4) is 0 Å². The van der Waals surface area contributed by atoms with Gasteiger partial charge in [-0.2, -0.15) is 5.10 Å². The lowest BCUT2D eigenvalue weighted by Crippen LogP contribution is -2.19. The van der Waals surface area contributed by atoms with E-state index >= 15 is 0 Å². The van der Waals surface area contributed by atoms with Crippen molar-refractivity contribution < 1.29 is 38.0 Å². The number of hydrazone groups is 1. The molecule has 0 aliphatic carbocycles. The van der Waals surface area contributed by atoms with Crippen molar-refractivity contribution in [2.24, 2.45) is 5.10 Å². The molecule has 0 bridgehead atoms. The number of carbonyl (C=O) groups is 2. The largest absolute Gasteiger partial charge is 0.496 e. The van der Waals surface area contributed by atoms with Crippen LogP contribution in [0, 0.1) is 0 Å². The number of rotatable bonds is 11. The summed E-state index contributed by atoms with van der Waals surface area (Å²) in [5.74, 6) is 0.767. The Morgan fingerprint density at radius 1 is 0.812 bits per heavy atom. The van der Waals surface area contributed by atoms with Crippen LogP contribution in [0.4, 0.5) is 0 Å². The fourth-order valence-electron chi connectivity index (χ4n) is 5.04. The van der Waals surface area contributed by atoms with E-state index in [2.05, 4.69) is 47.4 Å². The number of esters is 1. The first-order chi connectivity index (χ1) is 23.1. The van der Waals surface area contributed by atoms with E-state index < -0.39 is 11.9 Å². The van der Waals surface area contributed by atoms with E-state index in [9.17, 15) is 9.59 Å². The molecule has 0 spiro atoms. The number of nitrogens with one attached hydrogen (secondary N) is 2. The van der Waals surface area contributed by atoms with Gasteiger partial charge in [0, 0.05) is 26.2 Å². The van der Waals surface area contributed by atoms with Crippen LogP contribution in [0.2, 0.25) is 5.02 Å². The van der Waals surface area contributed by atoms with Gasteiger partial charge in [-0.1, -0.05) is 45.7 Å². The minimum Gasteiger partial charge on any atom is -0.496 e. The molecule has 5 rings (SSSR count). The van der Waals surface area contributed by atoms with Gasteiger partial charge in [-0.05, 0) is 58.4 Å². The van der Waals surface area contributed by atoms with E-state index in [0.717, 1.165) is 0 Å². The van der Waals surface area contributed by atoms with Crippen molar-refractivity contribution in [3.8, 4) is 45.6 Å². The Labute approximate surface area is 297 Å². The number of H-pyrrole nitrogens is 1. The molecule has 0 aliphatic rings. The molecule has 1 aromatic heterocycles. The second-order valence-electron chi connectivity index (χ2n) is 9.88. The van der Waals surface area contributed by atoms with Crippen molar-refractivity contribution in [3.63, 3.8) is 0 Å². The number of aromatic nitrogens is 1. The Bertz CT molecular complexity index is 2040. The predicted molar refractivity (Wildman–Crippen MR) is 190 cm³/mol. The highest BCUT2D eigenvalue weighted by Gasteiger charge is 2.26. The van der Waals surface area contributed by atoms with Gasteiger partial charge in [0.15, 0.2) is 17.2 Å². The summed E-state index contributed by atoms with van der Waals surface area (Å²) in [7, 11) is 7.42. The topological polar surface area (TPSA) is 130 Å². The van der Waals surface area contributed by atoms with Gasteiger partial charge in [0.1, 0.15) is 17.2 Å². The molecule has 1 heterocycles. The summed E-state index contributed by atoms with van der Waals surface area (Å²) in [6, 6.07) is 17.0. The summed E-state index contributed by atoms with van der Waals surface area (Å²) < 4.78 is 34.2. The first kappa shape index (κ1) is 34.6. The maximum Gasteiger partial charge on any atom is 0.343 e. The fraction of sp³-hybridized carbons (Fsp3) is 0.147. The van der Waals surface area contributed by atoms with Gasteiger partial charge in [-0.3, -0.25) is 4.79 Å². The van der Waals surface area contributed by atoms with Crippen LogP contribution >= 0.6 is 43.5 Å². The standard InChI is InChI=1S/C34H28Br2ClN3O8/c1-43-23-10-11-24(44-2)29-28(23)27(20-8-6-7-9-22(20)37)30(39-29)33(41)40-38-16-18-12-19(35)15-21(36)31(18)48-34(42)17-13-25(45-3)32(47-5)26(14-17)46-4/h6-16,39H,1-5H3,(H,40,41).